The highest BCUT2D eigenvalue weighted by molar-refractivity contribution is 7.93. The average Bonchev–Trinajstić information content (AvgIpc) is 2.81. The first-order chi connectivity index (χ1) is 16.6. The zero-order valence-electron chi connectivity index (χ0n) is 19.9. The predicted molar refractivity (Wildman–Crippen MR) is 128 cm³/mol. The van der Waals surface area contributed by atoms with Gasteiger partial charge in [0.15, 0.2) is 21.3 Å². The van der Waals surface area contributed by atoms with E-state index in [2.05, 4.69) is 0 Å². The molecule has 0 aliphatic heterocycles. The minimum atomic E-state index is -3.76. The fourth-order valence-corrected chi connectivity index (χ4v) is 4.18. The lowest BCUT2D eigenvalue weighted by Crippen LogP contribution is -2.10. The van der Waals surface area contributed by atoms with Crippen LogP contribution < -0.4 is 23.7 Å². The van der Waals surface area contributed by atoms with Gasteiger partial charge in [-0.3, -0.25) is 9.59 Å². The second-order valence-electron chi connectivity index (χ2n) is 7.26. The molecule has 0 aromatic heterocycles. The van der Waals surface area contributed by atoms with Crippen LogP contribution in [0.4, 0.5) is 0 Å². The summed E-state index contributed by atoms with van der Waals surface area (Å²) in [5, 5.41) is 9.73. The van der Waals surface area contributed by atoms with Crippen molar-refractivity contribution in [2.45, 2.75) is 25.0 Å². The maximum absolute atomic E-state index is 12.8. The molecule has 2 aromatic carbocycles. The van der Waals surface area contributed by atoms with Gasteiger partial charge in [-0.2, -0.15) is 0 Å². The van der Waals surface area contributed by atoms with Crippen LogP contribution in [0.1, 0.15) is 30.4 Å². The first kappa shape index (κ1) is 27.5. The van der Waals surface area contributed by atoms with Crippen LogP contribution in [0.2, 0.25) is 0 Å². The highest BCUT2D eigenvalue weighted by Gasteiger charge is 2.16. The van der Waals surface area contributed by atoms with E-state index in [0.29, 0.717) is 28.4 Å². The Labute approximate surface area is 203 Å². The van der Waals surface area contributed by atoms with Crippen molar-refractivity contribution >= 4 is 27.9 Å². The van der Waals surface area contributed by atoms with E-state index in [4.69, 9.17) is 28.8 Å². The second-order valence-corrected chi connectivity index (χ2v) is 9.15. The molecule has 0 aliphatic carbocycles. The van der Waals surface area contributed by atoms with Gasteiger partial charge in [-0.1, -0.05) is 6.07 Å². The molecule has 0 saturated heterocycles. The van der Waals surface area contributed by atoms with Gasteiger partial charge >= 0.3 is 11.9 Å². The molecule has 0 atom stereocenters. The van der Waals surface area contributed by atoms with Crippen LogP contribution in [-0.2, 0) is 25.2 Å². The molecule has 11 heteroatoms. The van der Waals surface area contributed by atoms with Gasteiger partial charge in [0, 0.05) is 30.4 Å². The van der Waals surface area contributed by atoms with Crippen LogP contribution >= 0.6 is 0 Å². The molecule has 0 bridgehead atoms. The van der Waals surface area contributed by atoms with E-state index in [0.717, 1.165) is 5.41 Å². The van der Waals surface area contributed by atoms with E-state index in [9.17, 15) is 18.0 Å². The standard InChI is InChI=1S/C24H28O10S/c1-30-17-13-20(32-3)18(21(14-17)33-4)10-11-35(28,29)15-16-8-9-19(31-2)22(12-16)34-24(27)7-5-6-23(25)26/h8-14H,5-7,15H2,1-4H3,(H,25,26)/b11-10+. The van der Waals surface area contributed by atoms with Gasteiger partial charge < -0.3 is 28.8 Å². The number of hydrogen-bond acceptors (Lipinski definition) is 9. The lowest BCUT2D eigenvalue weighted by atomic mass is 10.1. The number of carbonyl (C=O) groups excluding carboxylic acids is 1. The van der Waals surface area contributed by atoms with Crippen LogP contribution in [0.15, 0.2) is 35.7 Å². The van der Waals surface area contributed by atoms with Crippen molar-refractivity contribution in [2.24, 2.45) is 0 Å². The number of benzene rings is 2. The third-order valence-electron chi connectivity index (χ3n) is 4.79. The first-order valence-corrected chi connectivity index (χ1v) is 12.1. The fraction of sp³-hybridized carbons (Fsp3) is 0.333. The maximum atomic E-state index is 12.8. The van der Waals surface area contributed by atoms with E-state index in [1.807, 2.05) is 0 Å². The summed E-state index contributed by atoms with van der Waals surface area (Å²) in [6.45, 7) is 0. The number of carboxylic acid groups (broad SMARTS) is 1. The Morgan fingerprint density at radius 3 is 2.03 bits per heavy atom. The van der Waals surface area contributed by atoms with Crippen LogP contribution in [0.5, 0.6) is 28.7 Å². The van der Waals surface area contributed by atoms with E-state index in [1.54, 1.807) is 18.2 Å². The van der Waals surface area contributed by atoms with Gasteiger partial charge in [0.05, 0.1) is 39.8 Å². The molecule has 0 radical (unpaired) electrons. The van der Waals surface area contributed by atoms with Gasteiger partial charge in [-0.25, -0.2) is 8.42 Å². The molecule has 2 aromatic rings. The molecule has 0 heterocycles. The summed E-state index contributed by atoms with van der Waals surface area (Å²) in [5.41, 5.74) is 0.780. The maximum Gasteiger partial charge on any atom is 0.311 e. The molecule has 0 saturated carbocycles. The van der Waals surface area contributed by atoms with Crippen molar-refractivity contribution in [3.63, 3.8) is 0 Å². The number of hydrogen-bond donors (Lipinski definition) is 1. The Morgan fingerprint density at radius 1 is 0.857 bits per heavy atom. The van der Waals surface area contributed by atoms with Crippen molar-refractivity contribution in [1.29, 1.82) is 0 Å². The van der Waals surface area contributed by atoms with Gasteiger partial charge in [0.1, 0.15) is 17.2 Å². The monoisotopic (exact) mass is 508 g/mol. The van der Waals surface area contributed by atoms with Crippen molar-refractivity contribution in [1.82, 2.24) is 0 Å². The molecule has 2 rings (SSSR count). The van der Waals surface area contributed by atoms with Crippen LogP contribution in [0.25, 0.3) is 6.08 Å². The molecule has 0 spiro atoms. The molecule has 0 amide bonds. The molecular formula is C24H28O10S. The third-order valence-corrected chi connectivity index (χ3v) is 6.07. The highest BCUT2D eigenvalue weighted by Crippen LogP contribution is 2.35. The third kappa shape index (κ3) is 8.21. The summed E-state index contributed by atoms with van der Waals surface area (Å²) in [6.07, 6.45) is 1.22. The lowest BCUT2D eigenvalue weighted by Gasteiger charge is -2.13. The van der Waals surface area contributed by atoms with Gasteiger partial charge in [0.2, 0.25) is 0 Å². The molecule has 10 nitrogen and oxygen atoms in total. The molecule has 0 fully saturated rings. The van der Waals surface area contributed by atoms with E-state index in [-0.39, 0.29) is 36.5 Å². The van der Waals surface area contributed by atoms with Crippen LogP contribution in [-0.4, -0.2) is 53.9 Å². The van der Waals surface area contributed by atoms with E-state index >= 15 is 0 Å². The summed E-state index contributed by atoms with van der Waals surface area (Å²) < 4.78 is 51.9. The van der Waals surface area contributed by atoms with Gasteiger partial charge in [0.25, 0.3) is 0 Å². The summed E-state index contributed by atoms with van der Waals surface area (Å²) in [6, 6.07) is 7.64. The quantitative estimate of drug-likeness (QED) is 0.316. The molecule has 35 heavy (non-hydrogen) atoms. The number of esters is 1. The molecule has 0 aliphatic rings. The number of aliphatic carboxylic acids is 1. The molecule has 0 unspecified atom stereocenters. The highest BCUT2D eigenvalue weighted by atomic mass is 32.2. The Bertz CT molecular complexity index is 1160. The van der Waals surface area contributed by atoms with Gasteiger partial charge in [-0.05, 0) is 30.2 Å². The minimum Gasteiger partial charge on any atom is -0.496 e. The number of carbonyl (C=O) groups is 2. The molecule has 190 valence electrons. The Hall–Kier alpha value is -3.73. The number of sulfone groups is 1. The van der Waals surface area contributed by atoms with E-state index < -0.39 is 21.8 Å². The van der Waals surface area contributed by atoms with Crippen LogP contribution in [0, 0.1) is 0 Å². The van der Waals surface area contributed by atoms with Crippen molar-refractivity contribution < 1.29 is 46.8 Å². The molecular weight excluding hydrogens is 480 g/mol. The number of rotatable bonds is 13. The van der Waals surface area contributed by atoms with Crippen LogP contribution in [0.3, 0.4) is 0 Å². The van der Waals surface area contributed by atoms with E-state index in [1.165, 1.54) is 46.6 Å². The number of carboxylic acids is 1. The van der Waals surface area contributed by atoms with Crippen molar-refractivity contribution in [2.75, 3.05) is 28.4 Å². The largest absolute Gasteiger partial charge is 0.496 e. The Morgan fingerprint density at radius 2 is 1.49 bits per heavy atom. The normalized spacial score (nSPS) is 11.2. The average molecular weight is 509 g/mol. The number of methoxy groups -OCH3 is 4. The smallest absolute Gasteiger partial charge is 0.311 e. The van der Waals surface area contributed by atoms with Gasteiger partial charge in [-0.15, -0.1) is 0 Å². The topological polar surface area (TPSA) is 135 Å². The Kier molecular flexibility index (Phi) is 9.95. The van der Waals surface area contributed by atoms with Crippen molar-refractivity contribution in [3.05, 3.63) is 46.9 Å². The fourth-order valence-electron chi connectivity index (χ4n) is 3.10. The van der Waals surface area contributed by atoms with Crippen molar-refractivity contribution in [3.8, 4) is 28.7 Å². The molecule has 1 N–H and O–H groups in total. The predicted octanol–water partition coefficient (Wildman–Crippen LogP) is 3.47. The SMILES string of the molecule is COc1cc(OC)c(/C=C/S(=O)(=O)Cc2ccc(OC)c(OC(=O)CCCC(=O)O)c2)c(OC)c1. The minimum absolute atomic E-state index is 0.0444. The summed E-state index contributed by atoms with van der Waals surface area (Å²) in [7, 11) is 2.01. The summed E-state index contributed by atoms with van der Waals surface area (Å²) in [5.74, 6) is -0.532. The second kappa shape index (κ2) is 12.7. The zero-order chi connectivity index (χ0) is 26.0. The Balaban J connectivity index is 2.23. The first-order valence-electron chi connectivity index (χ1n) is 10.4. The zero-order valence-corrected chi connectivity index (χ0v) is 20.7. The number of ether oxygens (including phenoxy) is 5. The summed E-state index contributed by atoms with van der Waals surface area (Å²) >= 11 is 0. The lowest BCUT2D eigenvalue weighted by molar-refractivity contribution is -0.137. The summed E-state index contributed by atoms with van der Waals surface area (Å²) in [4.78, 5) is 22.7.